The molecular formula is C24H24N6O2S. The van der Waals surface area contributed by atoms with Crippen molar-refractivity contribution < 1.29 is 4.42 Å². The minimum Gasteiger partial charge on any atom is -0.419 e. The summed E-state index contributed by atoms with van der Waals surface area (Å²) in [5, 5.41) is 18.5. The Labute approximate surface area is 194 Å². The molecule has 1 unspecified atom stereocenters. The van der Waals surface area contributed by atoms with Gasteiger partial charge in [0.1, 0.15) is 0 Å². The van der Waals surface area contributed by atoms with Crippen molar-refractivity contribution in [1.82, 2.24) is 29.4 Å². The Morgan fingerprint density at radius 2 is 1.76 bits per heavy atom. The van der Waals surface area contributed by atoms with Crippen LogP contribution < -0.4 is 5.56 Å². The quantitative estimate of drug-likeness (QED) is 0.234. The summed E-state index contributed by atoms with van der Waals surface area (Å²) in [4.78, 5) is 13.2. The number of aromatic nitrogens is 6. The highest BCUT2D eigenvalue weighted by Crippen LogP contribution is 2.35. The van der Waals surface area contributed by atoms with E-state index in [2.05, 4.69) is 27.3 Å². The number of unbranched alkanes of at least 4 members (excludes halogenated alkanes) is 2. The normalized spacial score (nSPS) is 12.5. The van der Waals surface area contributed by atoms with Crippen LogP contribution in [-0.4, -0.2) is 29.4 Å². The third kappa shape index (κ3) is 4.04. The van der Waals surface area contributed by atoms with Crippen LogP contribution in [0.2, 0.25) is 0 Å². The van der Waals surface area contributed by atoms with Crippen molar-refractivity contribution in [2.75, 3.05) is 0 Å². The highest BCUT2D eigenvalue weighted by atomic mass is 32.2. The number of hydrogen-bond acceptors (Lipinski definition) is 7. The van der Waals surface area contributed by atoms with Crippen LogP contribution in [0.15, 0.2) is 69.0 Å². The molecular weight excluding hydrogens is 436 g/mol. The molecule has 0 bridgehead atoms. The Balaban J connectivity index is 1.53. The van der Waals surface area contributed by atoms with Gasteiger partial charge in [-0.3, -0.25) is 13.8 Å². The summed E-state index contributed by atoms with van der Waals surface area (Å²) in [7, 11) is 0. The molecule has 1 atom stereocenters. The number of para-hydroxylation sites is 1. The monoisotopic (exact) mass is 460 g/mol. The zero-order chi connectivity index (χ0) is 22.8. The first-order valence-corrected chi connectivity index (χ1v) is 12.0. The largest absolute Gasteiger partial charge is 0.419 e. The molecule has 0 spiro atoms. The Morgan fingerprint density at radius 1 is 0.970 bits per heavy atom. The molecule has 3 aromatic heterocycles. The number of fused-ring (bicyclic) bond motifs is 3. The lowest BCUT2D eigenvalue weighted by atomic mass is 10.2. The van der Waals surface area contributed by atoms with Gasteiger partial charge in [0.15, 0.2) is 5.16 Å². The molecule has 8 nitrogen and oxygen atoms in total. The molecule has 0 aliphatic heterocycles. The zero-order valence-corrected chi connectivity index (χ0v) is 19.3. The Kier molecular flexibility index (Phi) is 5.95. The standard InChI is InChI=1S/C24H24N6O2S/c1-3-4-10-15-29-22(31)18-13-8-9-14-19(18)30-23(29)27-28-24(30)33-16(2)20-25-26-21(32-20)17-11-6-5-7-12-17/h5-9,11-14,16H,3-4,10,15H2,1-2H3. The molecule has 5 rings (SSSR count). The van der Waals surface area contributed by atoms with Crippen molar-refractivity contribution in [2.24, 2.45) is 0 Å². The fourth-order valence-corrected chi connectivity index (χ4v) is 4.72. The SMILES string of the molecule is CCCCCn1c(=O)c2ccccc2n2c(SC(C)c3nnc(-c4ccccc4)o3)nnc12. The smallest absolute Gasteiger partial charge is 0.262 e. The maximum atomic E-state index is 13.2. The van der Waals surface area contributed by atoms with Crippen LogP contribution in [0.25, 0.3) is 28.1 Å². The van der Waals surface area contributed by atoms with Gasteiger partial charge in [0, 0.05) is 12.1 Å². The number of benzene rings is 2. The maximum absolute atomic E-state index is 13.2. The van der Waals surface area contributed by atoms with Gasteiger partial charge >= 0.3 is 0 Å². The van der Waals surface area contributed by atoms with Gasteiger partial charge in [-0.15, -0.1) is 20.4 Å². The van der Waals surface area contributed by atoms with Gasteiger partial charge in [0.05, 0.1) is 16.2 Å². The highest BCUT2D eigenvalue weighted by Gasteiger charge is 2.22. The topological polar surface area (TPSA) is 91.1 Å². The van der Waals surface area contributed by atoms with E-state index in [9.17, 15) is 4.79 Å². The molecule has 33 heavy (non-hydrogen) atoms. The van der Waals surface area contributed by atoms with Crippen LogP contribution in [-0.2, 0) is 6.54 Å². The number of aryl methyl sites for hydroxylation is 1. The lowest BCUT2D eigenvalue weighted by Crippen LogP contribution is -2.23. The van der Waals surface area contributed by atoms with Crippen molar-refractivity contribution >= 4 is 28.4 Å². The predicted molar refractivity (Wildman–Crippen MR) is 128 cm³/mol. The maximum Gasteiger partial charge on any atom is 0.262 e. The summed E-state index contributed by atoms with van der Waals surface area (Å²) in [5.41, 5.74) is 1.64. The number of rotatable bonds is 8. The first-order chi connectivity index (χ1) is 16.2. The van der Waals surface area contributed by atoms with Gasteiger partial charge < -0.3 is 4.42 Å². The first-order valence-electron chi connectivity index (χ1n) is 11.1. The fourth-order valence-electron chi connectivity index (χ4n) is 3.84. The molecule has 0 saturated carbocycles. The van der Waals surface area contributed by atoms with Gasteiger partial charge in [-0.1, -0.05) is 61.9 Å². The molecule has 0 fully saturated rings. The van der Waals surface area contributed by atoms with Gasteiger partial charge in [-0.25, -0.2) is 0 Å². The molecule has 0 amide bonds. The Morgan fingerprint density at radius 3 is 2.58 bits per heavy atom. The van der Waals surface area contributed by atoms with E-state index in [1.54, 1.807) is 4.57 Å². The summed E-state index contributed by atoms with van der Waals surface area (Å²) in [6.07, 6.45) is 3.05. The van der Waals surface area contributed by atoms with Gasteiger partial charge in [-0.05, 0) is 37.6 Å². The lowest BCUT2D eigenvalue weighted by molar-refractivity contribution is 0.509. The van der Waals surface area contributed by atoms with E-state index in [-0.39, 0.29) is 10.8 Å². The number of thioether (sulfide) groups is 1. The van der Waals surface area contributed by atoms with Crippen molar-refractivity contribution in [3.63, 3.8) is 0 Å². The van der Waals surface area contributed by atoms with Crippen LogP contribution in [0.3, 0.4) is 0 Å². The van der Waals surface area contributed by atoms with E-state index in [1.807, 2.05) is 65.9 Å². The summed E-state index contributed by atoms with van der Waals surface area (Å²) >= 11 is 1.48. The zero-order valence-electron chi connectivity index (χ0n) is 18.5. The van der Waals surface area contributed by atoms with Crippen LogP contribution >= 0.6 is 11.8 Å². The van der Waals surface area contributed by atoms with Crippen LogP contribution in [0, 0.1) is 0 Å². The van der Waals surface area contributed by atoms with Crippen LogP contribution in [0.5, 0.6) is 0 Å². The minimum absolute atomic E-state index is 0.0318. The molecule has 0 radical (unpaired) electrons. The Bertz CT molecular complexity index is 1460. The fraction of sp³-hybridized carbons (Fsp3) is 0.292. The van der Waals surface area contributed by atoms with E-state index in [1.165, 1.54) is 11.8 Å². The molecule has 2 aromatic carbocycles. The first kappa shape index (κ1) is 21.4. The molecule has 0 aliphatic rings. The van der Waals surface area contributed by atoms with E-state index in [0.29, 0.717) is 34.6 Å². The molecule has 0 saturated heterocycles. The summed E-state index contributed by atoms with van der Waals surface area (Å²) in [5.74, 6) is 1.55. The number of hydrogen-bond donors (Lipinski definition) is 0. The third-order valence-electron chi connectivity index (χ3n) is 5.55. The van der Waals surface area contributed by atoms with Gasteiger partial charge in [0.2, 0.25) is 17.6 Å². The lowest BCUT2D eigenvalue weighted by Gasteiger charge is -2.11. The average molecular weight is 461 g/mol. The third-order valence-corrected chi connectivity index (χ3v) is 6.59. The van der Waals surface area contributed by atoms with E-state index >= 15 is 0 Å². The second kappa shape index (κ2) is 9.19. The summed E-state index contributed by atoms with van der Waals surface area (Å²) in [6, 6.07) is 17.3. The van der Waals surface area contributed by atoms with E-state index in [0.717, 1.165) is 30.3 Å². The van der Waals surface area contributed by atoms with Crippen LogP contribution in [0.4, 0.5) is 0 Å². The predicted octanol–water partition coefficient (Wildman–Crippen LogP) is 5.14. The molecule has 9 heteroatoms. The van der Waals surface area contributed by atoms with E-state index in [4.69, 9.17) is 4.42 Å². The van der Waals surface area contributed by atoms with Gasteiger partial charge in [0.25, 0.3) is 5.56 Å². The molecule has 0 N–H and O–H groups in total. The van der Waals surface area contributed by atoms with Crippen molar-refractivity contribution in [2.45, 2.75) is 50.1 Å². The summed E-state index contributed by atoms with van der Waals surface area (Å²) in [6.45, 7) is 4.75. The molecule has 3 heterocycles. The minimum atomic E-state index is -0.151. The average Bonchev–Trinajstić information content (AvgIpc) is 3.50. The highest BCUT2D eigenvalue weighted by molar-refractivity contribution is 7.99. The second-order valence-corrected chi connectivity index (χ2v) is 9.18. The molecule has 168 valence electrons. The van der Waals surface area contributed by atoms with Crippen molar-refractivity contribution in [3.05, 3.63) is 70.8 Å². The van der Waals surface area contributed by atoms with E-state index < -0.39 is 0 Å². The number of nitrogens with zero attached hydrogens (tertiary/aromatic N) is 6. The second-order valence-electron chi connectivity index (χ2n) is 7.87. The van der Waals surface area contributed by atoms with Crippen LogP contribution in [0.1, 0.15) is 44.3 Å². The van der Waals surface area contributed by atoms with Crippen molar-refractivity contribution in [3.8, 4) is 11.5 Å². The Hall–Kier alpha value is -3.46. The summed E-state index contributed by atoms with van der Waals surface area (Å²) < 4.78 is 9.63. The van der Waals surface area contributed by atoms with Gasteiger partial charge in [-0.2, -0.15) is 0 Å². The molecule has 5 aromatic rings. The van der Waals surface area contributed by atoms with Crippen molar-refractivity contribution in [1.29, 1.82) is 0 Å². The molecule has 0 aliphatic carbocycles.